The molecule has 2 atom stereocenters. The number of carbonyl (C=O) groups is 3. The van der Waals surface area contributed by atoms with Crippen LogP contribution in [0.2, 0.25) is 0 Å². The van der Waals surface area contributed by atoms with Crippen molar-refractivity contribution in [3.05, 3.63) is 0 Å². The molecule has 0 aromatic heterocycles. The van der Waals surface area contributed by atoms with Gasteiger partial charge in [0.2, 0.25) is 5.91 Å². The van der Waals surface area contributed by atoms with E-state index in [2.05, 4.69) is 10.6 Å². The van der Waals surface area contributed by atoms with Crippen LogP contribution in [0.4, 0.5) is 4.79 Å². The van der Waals surface area contributed by atoms with E-state index in [1.165, 1.54) is 9.80 Å². The van der Waals surface area contributed by atoms with Crippen molar-refractivity contribution in [1.29, 1.82) is 0 Å². The zero-order chi connectivity index (χ0) is 25.2. The van der Waals surface area contributed by atoms with E-state index in [9.17, 15) is 22.8 Å². The highest BCUT2D eigenvalue weighted by Gasteiger charge is 2.43. The standard InChI is InChI=1S/C22H42N4O5S2/c1-7-23-16-18(27)24-21(3,4)10-14-32(30)12-9-13-33(31)15-11-22(5,6)26-19(28)17-25(8-2)20(26)29/h23H,7-17H2,1-6H3,(H,24,27). The number of nitrogens with zero attached hydrogens (tertiary/aromatic N) is 2. The highest BCUT2D eigenvalue weighted by Crippen LogP contribution is 2.25. The predicted octanol–water partition coefficient (Wildman–Crippen LogP) is 1.22. The largest absolute Gasteiger partial charge is 0.350 e. The first kappa shape index (κ1) is 29.7. The van der Waals surface area contributed by atoms with Gasteiger partial charge in [0.15, 0.2) is 0 Å². The quantitative estimate of drug-likeness (QED) is 0.304. The molecule has 2 unspecified atom stereocenters. The van der Waals surface area contributed by atoms with Gasteiger partial charge in [-0.05, 0) is 60.4 Å². The van der Waals surface area contributed by atoms with Crippen molar-refractivity contribution in [3.63, 3.8) is 0 Å². The molecule has 192 valence electrons. The first-order chi connectivity index (χ1) is 15.3. The number of nitrogens with one attached hydrogen (secondary N) is 2. The van der Waals surface area contributed by atoms with Crippen LogP contribution in [0.1, 0.15) is 60.8 Å². The van der Waals surface area contributed by atoms with Gasteiger partial charge in [-0.25, -0.2) is 4.79 Å². The Morgan fingerprint density at radius 2 is 1.55 bits per heavy atom. The van der Waals surface area contributed by atoms with Gasteiger partial charge >= 0.3 is 6.03 Å². The lowest BCUT2D eigenvalue weighted by molar-refractivity contribution is -0.128. The minimum Gasteiger partial charge on any atom is -0.350 e. The third kappa shape index (κ3) is 10.2. The third-order valence-corrected chi connectivity index (χ3v) is 8.48. The SMILES string of the molecule is CCNCC(=O)NC(C)(C)CCS(=O)CCCS(=O)CCC(C)(C)N1C(=O)CN(CC)C1=O. The van der Waals surface area contributed by atoms with Gasteiger partial charge in [0.25, 0.3) is 5.91 Å². The molecule has 9 nitrogen and oxygen atoms in total. The summed E-state index contributed by atoms with van der Waals surface area (Å²) < 4.78 is 24.8. The lowest BCUT2D eigenvalue weighted by Gasteiger charge is -2.33. The molecule has 1 saturated heterocycles. The van der Waals surface area contributed by atoms with E-state index in [4.69, 9.17) is 0 Å². The monoisotopic (exact) mass is 506 g/mol. The number of hydrogen-bond donors (Lipinski definition) is 2. The molecule has 1 fully saturated rings. The van der Waals surface area contributed by atoms with Crippen LogP contribution in [0.15, 0.2) is 0 Å². The highest BCUT2D eigenvalue weighted by atomic mass is 32.2. The Hall–Kier alpha value is -1.33. The van der Waals surface area contributed by atoms with Crippen LogP contribution in [0.5, 0.6) is 0 Å². The second-order valence-electron chi connectivity index (χ2n) is 9.60. The summed E-state index contributed by atoms with van der Waals surface area (Å²) in [6, 6.07) is -0.283. The van der Waals surface area contributed by atoms with Gasteiger partial charge in [0.05, 0.1) is 6.54 Å². The number of likely N-dealkylation sites (N-methyl/N-ethyl adjacent to an activating group) is 2. The Balaban J connectivity index is 2.33. The molecule has 0 bridgehead atoms. The van der Waals surface area contributed by atoms with Crippen LogP contribution in [0.25, 0.3) is 0 Å². The predicted molar refractivity (Wildman–Crippen MR) is 134 cm³/mol. The van der Waals surface area contributed by atoms with Crippen molar-refractivity contribution < 1.29 is 22.8 Å². The summed E-state index contributed by atoms with van der Waals surface area (Å²) in [5.41, 5.74) is -1.13. The molecule has 0 aliphatic carbocycles. The van der Waals surface area contributed by atoms with Gasteiger partial charge in [-0.1, -0.05) is 6.92 Å². The Morgan fingerprint density at radius 1 is 0.970 bits per heavy atom. The number of hydrogen-bond acceptors (Lipinski definition) is 6. The number of rotatable bonds is 16. The van der Waals surface area contributed by atoms with Gasteiger partial charge < -0.3 is 15.5 Å². The molecular weight excluding hydrogens is 464 g/mol. The van der Waals surface area contributed by atoms with Crippen molar-refractivity contribution in [2.75, 3.05) is 49.2 Å². The zero-order valence-corrected chi connectivity index (χ0v) is 22.7. The molecule has 0 saturated carbocycles. The number of carbonyl (C=O) groups excluding carboxylic acids is 3. The average molecular weight is 507 g/mol. The zero-order valence-electron chi connectivity index (χ0n) is 21.0. The van der Waals surface area contributed by atoms with Crippen molar-refractivity contribution in [2.45, 2.75) is 71.9 Å². The van der Waals surface area contributed by atoms with E-state index in [0.717, 1.165) is 6.54 Å². The number of imide groups is 1. The second-order valence-corrected chi connectivity index (χ2v) is 13.0. The first-order valence-electron chi connectivity index (χ1n) is 11.7. The summed E-state index contributed by atoms with van der Waals surface area (Å²) in [4.78, 5) is 39.3. The molecule has 0 radical (unpaired) electrons. The fraction of sp³-hybridized carbons (Fsp3) is 0.864. The molecule has 0 aromatic carbocycles. The van der Waals surface area contributed by atoms with Crippen LogP contribution in [-0.2, 0) is 31.2 Å². The molecule has 0 aromatic rings. The topological polar surface area (TPSA) is 116 Å². The molecule has 1 aliphatic rings. The molecule has 0 spiro atoms. The van der Waals surface area contributed by atoms with E-state index in [-0.39, 0.29) is 30.9 Å². The van der Waals surface area contributed by atoms with Crippen molar-refractivity contribution in [2.24, 2.45) is 0 Å². The summed E-state index contributed by atoms with van der Waals surface area (Å²) in [5.74, 6) is 1.47. The average Bonchev–Trinajstić information content (AvgIpc) is 3.03. The molecule has 1 aliphatic heterocycles. The van der Waals surface area contributed by atoms with Gasteiger partial charge in [0, 0.05) is 62.2 Å². The van der Waals surface area contributed by atoms with Crippen LogP contribution in [-0.4, -0.2) is 96.3 Å². The molecule has 2 N–H and O–H groups in total. The van der Waals surface area contributed by atoms with Crippen molar-refractivity contribution in [1.82, 2.24) is 20.4 Å². The van der Waals surface area contributed by atoms with Gasteiger partial charge in [0.1, 0.15) is 6.54 Å². The van der Waals surface area contributed by atoms with Crippen molar-refractivity contribution in [3.8, 4) is 0 Å². The van der Waals surface area contributed by atoms with Crippen molar-refractivity contribution >= 4 is 39.4 Å². The molecule has 1 heterocycles. The Bertz CT molecular complexity index is 742. The minimum atomic E-state index is -1.11. The van der Waals surface area contributed by atoms with E-state index in [1.54, 1.807) is 0 Å². The molecule has 4 amide bonds. The third-order valence-electron chi connectivity index (χ3n) is 5.68. The Morgan fingerprint density at radius 3 is 2.06 bits per heavy atom. The molecule has 33 heavy (non-hydrogen) atoms. The molecule has 1 rings (SSSR count). The van der Waals surface area contributed by atoms with Crippen LogP contribution in [0, 0.1) is 0 Å². The van der Waals surface area contributed by atoms with Gasteiger partial charge in [-0.3, -0.25) is 22.9 Å². The smallest absolute Gasteiger partial charge is 0.327 e. The van der Waals surface area contributed by atoms with Crippen LogP contribution >= 0.6 is 0 Å². The lowest BCUT2D eigenvalue weighted by atomic mass is 10.00. The van der Waals surface area contributed by atoms with Crippen LogP contribution in [0.3, 0.4) is 0 Å². The van der Waals surface area contributed by atoms with E-state index >= 15 is 0 Å². The fourth-order valence-corrected chi connectivity index (χ4v) is 6.53. The van der Waals surface area contributed by atoms with Gasteiger partial charge in [-0.2, -0.15) is 0 Å². The number of amides is 4. The number of urea groups is 1. The van der Waals surface area contributed by atoms with E-state index in [0.29, 0.717) is 48.8 Å². The maximum Gasteiger partial charge on any atom is 0.327 e. The van der Waals surface area contributed by atoms with Crippen LogP contribution < -0.4 is 10.6 Å². The summed E-state index contributed by atoms with van der Waals surface area (Å²) in [7, 11) is -2.15. The summed E-state index contributed by atoms with van der Waals surface area (Å²) in [6.45, 7) is 12.8. The normalized spacial score (nSPS) is 16.9. The molecular formula is C22H42N4O5S2. The first-order valence-corrected chi connectivity index (χ1v) is 14.6. The summed E-state index contributed by atoms with van der Waals surface area (Å²) >= 11 is 0. The van der Waals surface area contributed by atoms with E-state index < -0.39 is 32.7 Å². The maximum atomic E-state index is 12.5. The van der Waals surface area contributed by atoms with Gasteiger partial charge in [-0.15, -0.1) is 0 Å². The fourth-order valence-electron chi connectivity index (χ4n) is 3.55. The Kier molecular flexibility index (Phi) is 12.2. The Labute approximate surface area is 203 Å². The highest BCUT2D eigenvalue weighted by molar-refractivity contribution is 7.85. The minimum absolute atomic E-state index is 0.0781. The lowest BCUT2D eigenvalue weighted by Crippen LogP contribution is -2.49. The molecule has 11 heteroatoms. The summed E-state index contributed by atoms with van der Waals surface area (Å²) in [5, 5.41) is 5.93. The summed E-state index contributed by atoms with van der Waals surface area (Å²) in [6.07, 6.45) is 1.64. The van der Waals surface area contributed by atoms with E-state index in [1.807, 2.05) is 41.5 Å². The maximum absolute atomic E-state index is 12.5. The second kappa shape index (κ2) is 13.5.